The van der Waals surface area contributed by atoms with Crippen LogP contribution in [0.1, 0.15) is 18.1 Å². The Morgan fingerprint density at radius 3 is 2.65 bits per heavy atom. The lowest BCUT2D eigenvalue weighted by molar-refractivity contribution is -0.148. The van der Waals surface area contributed by atoms with Crippen molar-refractivity contribution in [1.29, 1.82) is 0 Å². The summed E-state index contributed by atoms with van der Waals surface area (Å²) in [5.74, 6) is -1.00. The van der Waals surface area contributed by atoms with Crippen LogP contribution in [-0.2, 0) is 20.7 Å². The van der Waals surface area contributed by atoms with Crippen molar-refractivity contribution in [2.75, 3.05) is 14.2 Å². The topological polar surface area (TPSA) is 93.1 Å². The number of hydrogen-bond donors (Lipinski definition) is 1. The van der Waals surface area contributed by atoms with Gasteiger partial charge in [0.25, 0.3) is 11.1 Å². The Labute approximate surface area is 155 Å². The molecule has 138 valence electrons. The maximum atomic E-state index is 12.5. The van der Waals surface area contributed by atoms with Crippen molar-refractivity contribution < 1.29 is 29.0 Å². The zero-order valence-corrected chi connectivity index (χ0v) is 15.5. The van der Waals surface area contributed by atoms with Gasteiger partial charge in [-0.1, -0.05) is 6.08 Å². The Kier molecular flexibility index (Phi) is 6.10. The third kappa shape index (κ3) is 3.75. The van der Waals surface area contributed by atoms with E-state index in [1.807, 2.05) is 0 Å². The average Bonchev–Trinajstić information content (AvgIpc) is 2.89. The molecule has 1 atom stereocenters. The smallest absolute Gasteiger partial charge is 0.328 e. The number of benzene rings is 1. The van der Waals surface area contributed by atoms with E-state index in [0.717, 1.165) is 16.7 Å². The number of esters is 1. The fourth-order valence-electron chi connectivity index (χ4n) is 2.48. The van der Waals surface area contributed by atoms with Gasteiger partial charge in [0.1, 0.15) is 6.04 Å². The third-order valence-corrected chi connectivity index (χ3v) is 4.69. The van der Waals surface area contributed by atoms with E-state index in [2.05, 4.69) is 11.3 Å². The summed E-state index contributed by atoms with van der Waals surface area (Å²) in [7, 11) is 2.61. The van der Waals surface area contributed by atoms with E-state index in [4.69, 9.17) is 4.74 Å². The second kappa shape index (κ2) is 8.09. The number of nitrogens with zero attached hydrogens (tertiary/aromatic N) is 1. The lowest BCUT2D eigenvalue weighted by Gasteiger charge is -2.18. The van der Waals surface area contributed by atoms with Crippen LogP contribution >= 0.6 is 11.8 Å². The van der Waals surface area contributed by atoms with E-state index in [0.29, 0.717) is 17.5 Å². The van der Waals surface area contributed by atoms with E-state index < -0.39 is 23.2 Å². The van der Waals surface area contributed by atoms with Crippen molar-refractivity contribution in [2.45, 2.75) is 19.4 Å². The molecule has 0 radical (unpaired) electrons. The SMILES string of the molecule is C=CCc1cc(/C=C2\SC(=O)N([C@@H](C)C(=O)OC)C2=O)cc(OC)c1O. The van der Waals surface area contributed by atoms with Crippen molar-refractivity contribution in [2.24, 2.45) is 0 Å². The van der Waals surface area contributed by atoms with Gasteiger partial charge in [-0.3, -0.25) is 14.5 Å². The first kappa shape index (κ1) is 19.6. The second-order valence-electron chi connectivity index (χ2n) is 5.47. The lowest BCUT2D eigenvalue weighted by Crippen LogP contribution is -2.42. The van der Waals surface area contributed by atoms with Crippen LogP contribution in [0.2, 0.25) is 0 Å². The standard InChI is InChI=1S/C18H19NO6S/c1-5-6-12-7-11(8-13(24-3)15(12)20)9-14-16(21)19(18(23)26-14)10(2)17(22)25-4/h5,7-10,20H,1,6H2,2-4H3/b14-9-/t10-/m0/s1. The Morgan fingerprint density at radius 2 is 2.08 bits per heavy atom. The second-order valence-corrected chi connectivity index (χ2v) is 6.47. The average molecular weight is 377 g/mol. The van der Waals surface area contributed by atoms with Gasteiger partial charge in [-0.2, -0.15) is 0 Å². The monoisotopic (exact) mass is 377 g/mol. The number of aromatic hydroxyl groups is 1. The molecule has 2 rings (SSSR count). The minimum atomic E-state index is -1.01. The molecule has 0 bridgehead atoms. The summed E-state index contributed by atoms with van der Waals surface area (Å²) in [6.07, 6.45) is 3.55. The lowest BCUT2D eigenvalue weighted by atomic mass is 10.1. The molecule has 0 spiro atoms. The predicted octanol–water partition coefficient (Wildman–Crippen LogP) is 2.73. The summed E-state index contributed by atoms with van der Waals surface area (Å²) in [6.45, 7) is 5.07. The molecule has 0 aromatic heterocycles. The fraction of sp³-hybridized carbons (Fsp3) is 0.278. The molecular weight excluding hydrogens is 358 g/mol. The van der Waals surface area contributed by atoms with E-state index in [1.165, 1.54) is 27.2 Å². The molecule has 26 heavy (non-hydrogen) atoms. The van der Waals surface area contributed by atoms with Crippen LogP contribution in [0.5, 0.6) is 11.5 Å². The molecule has 8 heteroatoms. The van der Waals surface area contributed by atoms with Crippen molar-refractivity contribution >= 4 is 35.0 Å². The number of rotatable bonds is 6. The van der Waals surface area contributed by atoms with Gasteiger partial charge in [0.2, 0.25) is 0 Å². The van der Waals surface area contributed by atoms with E-state index in [9.17, 15) is 19.5 Å². The first-order chi connectivity index (χ1) is 12.3. The predicted molar refractivity (Wildman–Crippen MR) is 97.8 cm³/mol. The number of methoxy groups -OCH3 is 2. The molecular formula is C18H19NO6S. The highest BCUT2D eigenvalue weighted by atomic mass is 32.2. The molecule has 1 aliphatic rings. The van der Waals surface area contributed by atoms with Crippen LogP contribution in [0.4, 0.5) is 4.79 Å². The van der Waals surface area contributed by atoms with Gasteiger partial charge >= 0.3 is 5.97 Å². The highest BCUT2D eigenvalue weighted by Crippen LogP contribution is 2.37. The van der Waals surface area contributed by atoms with E-state index in [-0.39, 0.29) is 16.4 Å². The number of carbonyl (C=O) groups excluding carboxylic acids is 3. The maximum Gasteiger partial charge on any atom is 0.328 e. The normalized spacial score (nSPS) is 16.7. The Balaban J connectivity index is 2.40. The molecule has 2 amide bonds. The molecule has 1 N–H and O–H groups in total. The number of amides is 2. The molecule has 0 saturated carbocycles. The molecule has 1 aliphatic heterocycles. The zero-order valence-electron chi connectivity index (χ0n) is 14.6. The van der Waals surface area contributed by atoms with Crippen LogP contribution < -0.4 is 4.74 Å². The molecule has 0 unspecified atom stereocenters. The van der Waals surface area contributed by atoms with Crippen molar-refractivity contribution in [1.82, 2.24) is 4.90 Å². The summed E-state index contributed by atoms with van der Waals surface area (Å²) >= 11 is 0.737. The summed E-state index contributed by atoms with van der Waals surface area (Å²) in [6, 6.07) is 2.22. The molecule has 1 saturated heterocycles. The quantitative estimate of drug-likeness (QED) is 0.463. The Bertz CT molecular complexity index is 801. The summed E-state index contributed by atoms with van der Waals surface area (Å²) in [4.78, 5) is 37.3. The first-order valence-corrected chi connectivity index (χ1v) is 8.51. The van der Waals surface area contributed by atoms with Gasteiger partial charge < -0.3 is 14.6 Å². The van der Waals surface area contributed by atoms with Crippen LogP contribution in [0.15, 0.2) is 29.7 Å². The van der Waals surface area contributed by atoms with Gasteiger partial charge in [0.05, 0.1) is 19.1 Å². The van der Waals surface area contributed by atoms with Gasteiger partial charge in [-0.25, -0.2) is 4.79 Å². The third-order valence-electron chi connectivity index (χ3n) is 3.81. The summed E-state index contributed by atoms with van der Waals surface area (Å²) < 4.78 is 9.74. The summed E-state index contributed by atoms with van der Waals surface area (Å²) in [5, 5.41) is 9.58. The number of phenolic OH excluding ortho intramolecular Hbond substituents is 1. The highest BCUT2D eigenvalue weighted by Gasteiger charge is 2.41. The molecule has 1 heterocycles. The van der Waals surface area contributed by atoms with Gasteiger partial charge in [-0.05, 0) is 48.9 Å². The molecule has 1 aromatic rings. The minimum absolute atomic E-state index is 0.00281. The van der Waals surface area contributed by atoms with E-state index >= 15 is 0 Å². The van der Waals surface area contributed by atoms with Gasteiger partial charge in [0.15, 0.2) is 11.5 Å². The van der Waals surface area contributed by atoms with Crippen LogP contribution in [0, 0.1) is 0 Å². The maximum absolute atomic E-state index is 12.5. The Hall–Kier alpha value is -2.74. The number of imide groups is 1. The van der Waals surface area contributed by atoms with Crippen LogP contribution in [0.25, 0.3) is 6.08 Å². The molecule has 7 nitrogen and oxygen atoms in total. The minimum Gasteiger partial charge on any atom is -0.504 e. The molecule has 1 aromatic carbocycles. The van der Waals surface area contributed by atoms with Crippen molar-refractivity contribution in [3.8, 4) is 11.5 Å². The van der Waals surface area contributed by atoms with Crippen LogP contribution in [0.3, 0.4) is 0 Å². The largest absolute Gasteiger partial charge is 0.504 e. The number of ether oxygens (including phenoxy) is 2. The van der Waals surface area contributed by atoms with Crippen LogP contribution in [-0.4, -0.2) is 47.4 Å². The molecule has 0 aliphatic carbocycles. The first-order valence-electron chi connectivity index (χ1n) is 7.69. The summed E-state index contributed by atoms with van der Waals surface area (Å²) in [5.41, 5.74) is 1.15. The van der Waals surface area contributed by atoms with Crippen molar-refractivity contribution in [3.63, 3.8) is 0 Å². The van der Waals surface area contributed by atoms with E-state index in [1.54, 1.807) is 18.2 Å². The van der Waals surface area contributed by atoms with Crippen molar-refractivity contribution in [3.05, 3.63) is 40.8 Å². The number of thioether (sulfide) groups is 1. The molecule has 1 fully saturated rings. The number of phenols is 1. The van der Waals surface area contributed by atoms with Gasteiger partial charge in [0, 0.05) is 5.56 Å². The van der Waals surface area contributed by atoms with Gasteiger partial charge in [-0.15, -0.1) is 6.58 Å². The number of allylic oxidation sites excluding steroid dienone is 1. The number of carbonyl (C=O) groups is 3. The Morgan fingerprint density at radius 1 is 1.38 bits per heavy atom. The zero-order chi connectivity index (χ0) is 19.4. The number of hydrogen-bond acceptors (Lipinski definition) is 7. The highest BCUT2D eigenvalue weighted by molar-refractivity contribution is 8.18. The fourth-order valence-corrected chi connectivity index (χ4v) is 3.39.